The summed E-state index contributed by atoms with van der Waals surface area (Å²) in [7, 11) is 1.55. The van der Waals surface area contributed by atoms with Gasteiger partial charge in [0.25, 0.3) is 5.91 Å². The Bertz CT molecular complexity index is 575. The van der Waals surface area contributed by atoms with Crippen LogP contribution in [-0.4, -0.2) is 30.1 Å². The van der Waals surface area contributed by atoms with Crippen LogP contribution in [-0.2, 0) is 4.79 Å². The monoisotopic (exact) mass is 355 g/mol. The van der Waals surface area contributed by atoms with Crippen LogP contribution in [0.15, 0.2) is 22.7 Å². The number of amides is 1. The van der Waals surface area contributed by atoms with Crippen LogP contribution in [0.1, 0.15) is 36.5 Å². The normalized spacial score (nSPS) is 24.6. The fourth-order valence-corrected chi connectivity index (χ4v) is 3.24. The molecule has 2 unspecified atom stereocenters. The van der Waals surface area contributed by atoms with Gasteiger partial charge < -0.3 is 15.2 Å². The lowest BCUT2D eigenvalue weighted by atomic mass is 9.85. The van der Waals surface area contributed by atoms with Gasteiger partial charge in [-0.2, -0.15) is 0 Å². The van der Waals surface area contributed by atoms with Gasteiger partial charge >= 0.3 is 5.97 Å². The number of rotatable bonds is 4. The number of hydrogen-bond acceptors (Lipinski definition) is 3. The van der Waals surface area contributed by atoms with Crippen LogP contribution in [0.25, 0.3) is 0 Å². The van der Waals surface area contributed by atoms with Crippen molar-refractivity contribution in [3.8, 4) is 5.75 Å². The Morgan fingerprint density at radius 2 is 2.19 bits per heavy atom. The molecule has 2 N–H and O–H groups in total. The van der Waals surface area contributed by atoms with Gasteiger partial charge in [0.15, 0.2) is 0 Å². The fourth-order valence-electron chi connectivity index (χ4n) is 2.70. The van der Waals surface area contributed by atoms with Crippen LogP contribution in [0.5, 0.6) is 5.75 Å². The van der Waals surface area contributed by atoms with Crippen molar-refractivity contribution in [2.75, 3.05) is 7.11 Å². The Labute approximate surface area is 131 Å². The average molecular weight is 356 g/mol. The second-order valence-corrected chi connectivity index (χ2v) is 6.34. The number of carboxylic acid groups (broad SMARTS) is 1. The van der Waals surface area contributed by atoms with E-state index in [-0.39, 0.29) is 11.9 Å². The molecule has 0 aromatic heterocycles. The molecule has 0 heterocycles. The van der Waals surface area contributed by atoms with Crippen molar-refractivity contribution in [1.29, 1.82) is 0 Å². The zero-order valence-electron chi connectivity index (χ0n) is 12.0. The summed E-state index contributed by atoms with van der Waals surface area (Å²) in [5.41, 5.74) is -0.415. The van der Waals surface area contributed by atoms with Crippen molar-refractivity contribution in [2.24, 2.45) is 5.41 Å². The number of halogens is 1. The van der Waals surface area contributed by atoms with Gasteiger partial charge in [0.1, 0.15) is 5.75 Å². The Kier molecular flexibility index (Phi) is 4.56. The molecule has 5 nitrogen and oxygen atoms in total. The Balaban J connectivity index is 2.15. The number of aliphatic carboxylic acids is 1. The van der Waals surface area contributed by atoms with Crippen molar-refractivity contribution in [3.63, 3.8) is 0 Å². The van der Waals surface area contributed by atoms with Crippen molar-refractivity contribution in [1.82, 2.24) is 5.32 Å². The van der Waals surface area contributed by atoms with Gasteiger partial charge in [-0.3, -0.25) is 9.59 Å². The molecule has 6 heteroatoms. The number of carbonyl (C=O) groups is 2. The van der Waals surface area contributed by atoms with Gasteiger partial charge in [-0.05, 0) is 53.9 Å². The molecule has 0 radical (unpaired) electrons. The van der Waals surface area contributed by atoms with E-state index >= 15 is 0 Å². The van der Waals surface area contributed by atoms with E-state index in [2.05, 4.69) is 21.2 Å². The molecule has 1 aliphatic carbocycles. The van der Waals surface area contributed by atoms with E-state index in [1.807, 2.05) is 0 Å². The molecule has 0 spiro atoms. The van der Waals surface area contributed by atoms with Crippen LogP contribution in [0.3, 0.4) is 0 Å². The number of carboxylic acids is 1. The molecular weight excluding hydrogens is 338 g/mol. The summed E-state index contributed by atoms with van der Waals surface area (Å²) < 4.78 is 5.81. The van der Waals surface area contributed by atoms with Crippen LogP contribution >= 0.6 is 15.9 Å². The van der Waals surface area contributed by atoms with E-state index in [9.17, 15) is 14.7 Å². The van der Waals surface area contributed by atoms with Crippen LogP contribution < -0.4 is 10.1 Å². The number of carbonyl (C=O) groups excluding carboxylic acids is 1. The first-order valence-electron chi connectivity index (χ1n) is 6.76. The fraction of sp³-hybridized carbons (Fsp3) is 0.467. The van der Waals surface area contributed by atoms with E-state index in [1.54, 1.807) is 32.2 Å². The van der Waals surface area contributed by atoms with Gasteiger partial charge in [0, 0.05) is 11.6 Å². The van der Waals surface area contributed by atoms with Gasteiger partial charge in [0.05, 0.1) is 17.0 Å². The predicted molar refractivity (Wildman–Crippen MR) is 81.5 cm³/mol. The molecule has 1 aromatic rings. The van der Waals surface area contributed by atoms with E-state index in [0.29, 0.717) is 28.6 Å². The van der Waals surface area contributed by atoms with E-state index < -0.39 is 11.4 Å². The molecule has 21 heavy (non-hydrogen) atoms. The largest absolute Gasteiger partial charge is 0.496 e. The summed E-state index contributed by atoms with van der Waals surface area (Å²) in [5, 5.41) is 12.2. The number of ether oxygens (including phenoxy) is 1. The third-order valence-electron chi connectivity index (χ3n) is 4.17. The lowest BCUT2D eigenvalue weighted by Gasteiger charge is -2.27. The Morgan fingerprint density at radius 3 is 2.76 bits per heavy atom. The second-order valence-electron chi connectivity index (χ2n) is 5.49. The number of benzene rings is 1. The van der Waals surface area contributed by atoms with Crippen LogP contribution in [0.2, 0.25) is 0 Å². The zero-order chi connectivity index (χ0) is 15.6. The molecule has 1 amide bonds. The molecular formula is C15H18BrNO4. The topological polar surface area (TPSA) is 75.6 Å². The third kappa shape index (κ3) is 3.05. The maximum absolute atomic E-state index is 12.3. The van der Waals surface area contributed by atoms with E-state index in [0.717, 1.165) is 6.42 Å². The van der Waals surface area contributed by atoms with E-state index in [4.69, 9.17) is 4.74 Å². The SMILES string of the molecule is COc1ccc(C(=O)NC2CCCC2(C)C(=O)O)cc1Br. The predicted octanol–water partition coefficient (Wildman–Crippen LogP) is 2.83. The first-order chi connectivity index (χ1) is 9.88. The van der Waals surface area contributed by atoms with Gasteiger partial charge in [-0.15, -0.1) is 0 Å². The minimum absolute atomic E-state index is 0.266. The molecule has 1 aromatic carbocycles. The minimum atomic E-state index is -0.890. The molecule has 2 atom stereocenters. The van der Waals surface area contributed by atoms with Crippen molar-refractivity contribution < 1.29 is 19.4 Å². The molecule has 1 saturated carbocycles. The number of nitrogens with one attached hydrogen (secondary N) is 1. The Morgan fingerprint density at radius 1 is 1.48 bits per heavy atom. The maximum Gasteiger partial charge on any atom is 0.311 e. The molecule has 0 saturated heterocycles. The smallest absolute Gasteiger partial charge is 0.311 e. The molecule has 2 rings (SSSR count). The first kappa shape index (κ1) is 15.8. The first-order valence-corrected chi connectivity index (χ1v) is 7.55. The molecule has 0 bridgehead atoms. The molecule has 114 valence electrons. The highest BCUT2D eigenvalue weighted by atomic mass is 79.9. The summed E-state index contributed by atoms with van der Waals surface area (Å²) in [5.74, 6) is -0.485. The van der Waals surface area contributed by atoms with Gasteiger partial charge in [-0.1, -0.05) is 6.42 Å². The molecule has 1 fully saturated rings. The van der Waals surface area contributed by atoms with Crippen LogP contribution in [0.4, 0.5) is 0 Å². The summed E-state index contributed by atoms with van der Waals surface area (Å²) in [4.78, 5) is 23.7. The number of methoxy groups -OCH3 is 1. The molecule has 0 aliphatic heterocycles. The zero-order valence-corrected chi connectivity index (χ0v) is 13.6. The quantitative estimate of drug-likeness (QED) is 0.870. The summed E-state index contributed by atoms with van der Waals surface area (Å²) in [6, 6.07) is 4.68. The standard InChI is InChI=1S/C15H18BrNO4/c1-15(14(19)20)7-3-4-12(15)17-13(18)9-5-6-11(21-2)10(16)8-9/h5-6,8,12H,3-4,7H2,1-2H3,(H,17,18)(H,19,20). The summed E-state index contributed by atoms with van der Waals surface area (Å²) in [6.07, 6.45) is 2.07. The lowest BCUT2D eigenvalue weighted by molar-refractivity contribution is -0.148. The van der Waals surface area contributed by atoms with Gasteiger partial charge in [-0.25, -0.2) is 0 Å². The minimum Gasteiger partial charge on any atom is -0.496 e. The van der Waals surface area contributed by atoms with Gasteiger partial charge in [0.2, 0.25) is 0 Å². The summed E-state index contributed by atoms with van der Waals surface area (Å²) >= 11 is 3.33. The average Bonchev–Trinajstić information content (AvgIpc) is 2.81. The van der Waals surface area contributed by atoms with E-state index in [1.165, 1.54) is 0 Å². The van der Waals surface area contributed by atoms with Crippen LogP contribution in [0, 0.1) is 5.41 Å². The second kappa shape index (κ2) is 6.05. The maximum atomic E-state index is 12.3. The molecule has 1 aliphatic rings. The van der Waals surface area contributed by atoms with Crippen molar-refractivity contribution in [2.45, 2.75) is 32.2 Å². The Hall–Kier alpha value is -1.56. The highest BCUT2D eigenvalue weighted by Crippen LogP contribution is 2.38. The summed E-state index contributed by atoms with van der Waals surface area (Å²) in [6.45, 7) is 1.69. The highest BCUT2D eigenvalue weighted by molar-refractivity contribution is 9.10. The third-order valence-corrected chi connectivity index (χ3v) is 4.79. The lowest BCUT2D eigenvalue weighted by Crippen LogP contribution is -2.47. The van der Waals surface area contributed by atoms with Crippen molar-refractivity contribution in [3.05, 3.63) is 28.2 Å². The number of hydrogen-bond donors (Lipinski definition) is 2. The highest BCUT2D eigenvalue weighted by Gasteiger charge is 2.45. The van der Waals surface area contributed by atoms with Crippen molar-refractivity contribution >= 4 is 27.8 Å².